The summed E-state index contributed by atoms with van der Waals surface area (Å²) < 4.78 is 33.2. The molecule has 4 nitrogen and oxygen atoms in total. The van der Waals surface area contributed by atoms with E-state index in [1.54, 1.807) is 4.31 Å². The molecular weight excluding hydrogens is 346 g/mol. The maximum absolute atomic E-state index is 12.8. The van der Waals surface area contributed by atoms with Crippen molar-refractivity contribution in [1.82, 2.24) is 4.31 Å². The lowest BCUT2D eigenvalue weighted by Gasteiger charge is -2.36. The monoisotopic (exact) mass is 373 g/mol. The molecule has 0 aliphatic carbocycles. The molecule has 140 valence electrons. The molecule has 1 fully saturated rings. The van der Waals surface area contributed by atoms with Crippen molar-refractivity contribution in [2.24, 2.45) is 0 Å². The lowest BCUT2D eigenvalue weighted by molar-refractivity contribution is -0.0529. The summed E-state index contributed by atoms with van der Waals surface area (Å²) in [7, 11) is -3.26. The molecular formula is C21H27NO3S. The molecule has 1 aliphatic heterocycles. The molecule has 2 unspecified atom stereocenters. The minimum Gasteiger partial charge on any atom is -0.372 e. The van der Waals surface area contributed by atoms with E-state index >= 15 is 0 Å². The zero-order valence-corrected chi connectivity index (χ0v) is 16.1. The van der Waals surface area contributed by atoms with Crippen LogP contribution in [0, 0.1) is 0 Å². The zero-order valence-electron chi connectivity index (χ0n) is 15.3. The fourth-order valence-corrected chi connectivity index (χ4v) is 5.05. The van der Waals surface area contributed by atoms with Crippen molar-refractivity contribution in [2.75, 3.05) is 18.8 Å². The highest BCUT2D eigenvalue weighted by Gasteiger charge is 2.32. The van der Waals surface area contributed by atoms with Crippen LogP contribution in [-0.2, 0) is 27.6 Å². The molecule has 1 heterocycles. The van der Waals surface area contributed by atoms with Gasteiger partial charge >= 0.3 is 0 Å². The summed E-state index contributed by atoms with van der Waals surface area (Å²) in [4.78, 5) is 0. The molecule has 26 heavy (non-hydrogen) atoms. The molecule has 0 N–H and O–H groups in total. The Morgan fingerprint density at radius 1 is 0.962 bits per heavy atom. The van der Waals surface area contributed by atoms with Gasteiger partial charge in [0.15, 0.2) is 0 Å². The number of aryl methyl sites for hydroxylation is 1. The molecule has 2 aromatic carbocycles. The van der Waals surface area contributed by atoms with Gasteiger partial charge < -0.3 is 4.74 Å². The number of hydrogen-bond acceptors (Lipinski definition) is 3. The van der Waals surface area contributed by atoms with Gasteiger partial charge in [0.05, 0.1) is 18.0 Å². The Bertz CT molecular complexity index is 777. The molecule has 0 saturated carbocycles. The summed E-state index contributed by atoms with van der Waals surface area (Å²) in [5, 5.41) is 0. The summed E-state index contributed by atoms with van der Waals surface area (Å²) >= 11 is 0. The summed E-state index contributed by atoms with van der Waals surface area (Å²) in [5.74, 6) is 0.187. The van der Waals surface area contributed by atoms with Crippen LogP contribution in [0.15, 0.2) is 60.7 Å². The van der Waals surface area contributed by atoms with E-state index in [0.29, 0.717) is 19.5 Å². The van der Waals surface area contributed by atoms with Crippen molar-refractivity contribution in [1.29, 1.82) is 0 Å². The van der Waals surface area contributed by atoms with Crippen LogP contribution in [0.1, 0.15) is 24.5 Å². The lowest BCUT2D eigenvalue weighted by Crippen LogP contribution is -2.50. The molecule has 1 saturated heterocycles. The number of ether oxygens (including phenoxy) is 1. The third kappa shape index (κ3) is 5.40. The Hall–Kier alpha value is -1.69. The number of hydrogen-bond donors (Lipinski definition) is 0. The fraction of sp³-hybridized carbons (Fsp3) is 0.429. The van der Waals surface area contributed by atoms with Gasteiger partial charge in [0.25, 0.3) is 0 Å². The van der Waals surface area contributed by atoms with Crippen LogP contribution in [0.4, 0.5) is 0 Å². The molecule has 0 aromatic heterocycles. The Morgan fingerprint density at radius 2 is 1.58 bits per heavy atom. The van der Waals surface area contributed by atoms with E-state index < -0.39 is 10.0 Å². The summed E-state index contributed by atoms with van der Waals surface area (Å²) in [6.07, 6.45) is 1.99. The third-order valence-electron chi connectivity index (χ3n) is 4.70. The number of morpholine rings is 1. The van der Waals surface area contributed by atoms with Crippen molar-refractivity contribution in [3.63, 3.8) is 0 Å². The molecule has 5 heteroatoms. The van der Waals surface area contributed by atoms with Crippen molar-refractivity contribution in [3.8, 4) is 0 Å². The van der Waals surface area contributed by atoms with Crippen LogP contribution < -0.4 is 0 Å². The van der Waals surface area contributed by atoms with Crippen molar-refractivity contribution < 1.29 is 13.2 Å². The van der Waals surface area contributed by atoms with Gasteiger partial charge in [-0.2, -0.15) is 4.31 Å². The van der Waals surface area contributed by atoms with Gasteiger partial charge in [-0.25, -0.2) is 8.42 Å². The highest BCUT2D eigenvalue weighted by molar-refractivity contribution is 7.89. The highest BCUT2D eigenvalue weighted by Crippen LogP contribution is 2.19. The van der Waals surface area contributed by atoms with Crippen molar-refractivity contribution >= 4 is 10.0 Å². The quantitative estimate of drug-likeness (QED) is 0.748. The van der Waals surface area contributed by atoms with E-state index in [4.69, 9.17) is 4.74 Å². The van der Waals surface area contributed by atoms with Gasteiger partial charge in [-0.15, -0.1) is 0 Å². The first-order valence-electron chi connectivity index (χ1n) is 9.24. The molecule has 1 aliphatic rings. The van der Waals surface area contributed by atoms with E-state index in [1.807, 2.05) is 55.5 Å². The van der Waals surface area contributed by atoms with Crippen LogP contribution in [0.5, 0.6) is 0 Å². The predicted octanol–water partition coefficient (Wildman–Crippen LogP) is 3.28. The van der Waals surface area contributed by atoms with E-state index in [9.17, 15) is 8.42 Å². The first-order valence-corrected chi connectivity index (χ1v) is 10.8. The molecule has 2 aromatic rings. The Labute approximate surface area is 156 Å². The second-order valence-corrected chi connectivity index (χ2v) is 9.07. The van der Waals surface area contributed by atoms with Gasteiger partial charge in [-0.3, -0.25) is 0 Å². The van der Waals surface area contributed by atoms with Gasteiger partial charge in [0, 0.05) is 13.1 Å². The summed E-state index contributed by atoms with van der Waals surface area (Å²) in [5.41, 5.74) is 2.35. The molecule has 2 atom stereocenters. The van der Waals surface area contributed by atoms with Gasteiger partial charge in [0.1, 0.15) is 0 Å². The second-order valence-electron chi connectivity index (χ2n) is 6.98. The zero-order chi connectivity index (χ0) is 18.4. The van der Waals surface area contributed by atoms with Crippen LogP contribution in [-0.4, -0.2) is 43.8 Å². The number of nitrogens with zero attached hydrogens (tertiary/aromatic N) is 1. The topological polar surface area (TPSA) is 46.6 Å². The van der Waals surface area contributed by atoms with Crippen LogP contribution in [0.25, 0.3) is 0 Å². The van der Waals surface area contributed by atoms with E-state index in [1.165, 1.54) is 11.1 Å². The standard InChI is InChI=1S/C21H27NO3S/c1-18-16-22(17-21(25-18)15-20-11-6-3-7-12-20)26(23,24)14-8-13-19-9-4-2-5-10-19/h2-7,9-12,18,21H,8,13-17H2,1H3. The predicted molar refractivity (Wildman–Crippen MR) is 105 cm³/mol. The van der Waals surface area contributed by atoms with Crippen molar-refractivity contribution in [2.45, 2.75) is 38.4 Å². The van der Waals surface area contributed by atoms with Crippen LogP contribution in [0.3, 0.4) is 0 Å². The Kier molecular flexibility index (Phi) is 6.46. The average molecular weight is 374 g/mol. The van der Waals surface area contributed by atoms with Crippen molar-refractivity contribution in [3.05, 3.63) is 71.8 Å². The number of rotatable bonds is 7. The Morgan fingerprint density at radius 3 is 2.23 bits per heavy atom. The summed E-state index contributed by atoms with van der Waals surface area (Å²) in [6.45, 7) is 2.83. The number of benzene rings is 2. The Balaban J connectivity index is 1.57. The first kappa shape index (κ1) is 19.1. The second kappa shape index (κ2) is 8.80. The van der Waals surface area contributed by atoms with E-state index in [2.05, 4.69) is 12.1 Å². The number of sulfonamides is 1. The maximum atomic E-state index is 12.8. The largest absolute Gasteiger partial charge is 0.372 e. The summed E-state index contributed by atoms with van der Waals surface area (Å²) in [6, 6.07) is 20.1. The lowest BCUT2D eigenvalue weighted by atomic mass is 10.1. The molecule has 0 radical (unpaired) electrons. The minimum absolute atomic E-state index is 0.0821. The molecule has 0 bridgehead atoms. The SMILES string of the molecule is CC1CN(S(=O)(=O)CCCc2ccccc2)CC(Cc2ccccc2)O1. The minimum atomic E-state index is -3.26. The average Bonchev–Trinajstić information content (AvgIpc) is 2.63. The highest BCUT2D eigenvalue weighted by atomic mass is 32.2. The van der Waals surface area contributed by atoms with E-state index in [-0.39, 0.29) is 18.0 Å². The molecule has 3 rings (SSSR count). The third-order valence-corrected chi connectivity index (χ3v) is 6.59. The van der Waals surface area contributed by atoms with Crippen LogP contribution in [0.2, 0.25) is 0 Å². The maximum Gasteiger partial charge on any atom is 0.214 e. The fourth-order valence-electron chi connectivity index (χ4n) is 3.45. The van der Waals surface area contributed by atoms with Gasteiger partial charge in [-0.1, -0.05) is 60.7 Å². The first-order chi connectivity index (χ1) is 12.5. The van der Waals surface area contributed by atoms with Gasteiger partial charge in [-0.05, 0) is 37.3 Å². The van der Waals surface area contributed by atoms with Gasteiger partial charge in [0.2, 0.25) is 10.0 Å². The smallest absolute Gasteiger partial charge is 0.214 e. The van der Waals surface area contributed by atoms with Crippen LogP contribution >= 0.6 is 0 Å². The normalized spacial score (nSPS) is 21.6. The molecule has 0 amide bonds. The van der Waals surface area contributed by atoms with E-state index in [0.717, 1.165) is 12.8 Å². The molecule has 0 spiro atoms.